The predicted molar refractivity (Wildman–Crippen MR) is 113 cm³/mol. The van der Waals surface area contributed by atoms with Gasteiger partial charge in [-0.15, -0.1) is 0 Å². The van der Waals surface area contributed by atoms with Crippen molar-refractivity contribution in [1.29, 1.82) is 0 Å². The second-order valence-corrected chi connectivity index (χ2v) is 7.10. The number of amides is 3. The van der Waals surface area contributed by atoms with Gasteiger partial charge in [-0.3, -0.25) is 4.79 Å². The maximum absolute atomic E-state index is 12.4. The third kappa shape index (κ3) is 4.57. The average molecular weight is 402 g/mol. The van der Waals surface area contributed by atoms with E-state index in [2.05, 4.69) is 17.6 Å². The molecule has 6 nitrogen and oxygen atoms in total. The summed E-state index contributed by atoms with van der Waals surface area (Å²) in [7, 11) is 1.53. The van der Waals surface area contributed by atoms with E-state index >= 15 is 0 Å². The number of nitrogens with zero attached hydrogens (tertiary/aromatic N) is 1. The number of hydrogen-bond donors (Lipinski definition) is 2. The maximum atomic E-state index is 12.4. The van der Waals surface area contributed by atoms with Crippen molar-refractivity contribution in [1.82, 2.24) is 0 Å². The van der Waals surface area contributed by atoms with Crippen molar-refractivity contribution in [2.75, 3.05) is 29.2 Å². The number of aryl methyl sites for hydroxylation is 1. The van der Waals surface area contributed by atoms with Gasteiger partial charge in [0.1, 0.15) is 5.75 Å². The van der Waals surface area contributed by atoms with Crippen molar-refractivity contribution in [3.63, 3.8) is 0 Å². The highest BCUT2D eigenvalue weighted by molar-refractivity contribution is 6.31. The van der Waals surface area contributed by atoms with Crippen LogP contribution < -0.4 is 20.3 Å². The molecule has 28 heavy (non-hydrogen) atoms. The lowest BCUT2D eigenvalue weighted by Gasteiger charge is -2.29. The van der Waals surface area contributed by atoms with Gasteiger partial charge >= 0.3 is 6.03 Å². The fourth-order valence-corrected chi connectivity index (χ4v) is 3.43. The van der Waals surface area contributed by atoms with Gasteiger partial charge in [-0.2, -0.15) is 0 Å². The molecule has 2 aromatic carbocycles. The number of fused-ring (bicyclic) bond motifs is 1. The molecule has 0 aliphatic carbocycles. The van der Waals surface area contributed by atoms with Crippen LogP contribution in [0.3, 0.4) is 0 Å². The summed E-state index contributed by atoms with van der Waals surface area (Å²) in [6.45, 7) is 2.83. The highest BCUT2D eigenvalue weighted by Gasteiger charge is 2.24. The molecule has 7 heteroatoms. The van der Waals surface area contributed by atoms with Gasteiger partial charge < -0.3 is 20.3 Å². The van der Waals surface area contributed by atoms with Gasteiger partial charge in [0.25, 0.3) is 0 Å². The molecule has 1 heterocycles. The summed E-state index contributed by atoms with van der Waals surface area (Å²) in [5.74, 6) is 0.683. The number of unbranched alkanes of at least 4 members (excludes halogenated alkanes) is 1. The van der Waals surface area contributed by atoms with Crippen molar-refractivity contribution in [3.8, 4) is 5.75 Å². The molecule has 3 rings (SSSR count). The van der Waals surface area contributed by atoms with Crippen molar-refractivity contribution < 1.29 is 14.3 Å². The number of hydrogen-bond acceptors (Lipinski definition) is 3. The van der Waals surface area contributed by atoms with Gasteiger partial charge in [-0.05, 0) is 54.8 Å². The monoisotopic (exact) mass is 401 g/mol. The number of rotatable bonds is 6. The molecule has 0 aromatic heterocycles. The van der Waals surface area contributed by atoms with Crippen LogP contribution >= 0.6 is 11.6 Å². The molecule has 3 amide bonds. The standard InChI is InChI=1S/C21H24ClN3O3/c1-3-4-11-25-18-8-7-16(12-14(18)5-10-20(25)26)23-21(27)24-17-13-15(22)6-9-19(17)28-2/h6-9,12-13H,3-5,10-11H2,1-2H3,(H2,23,24,27). The largest absolute Gasteiger partial charge is 0.495 e. The minimum atomic E-state index is -0.393. The minimum Gasteiger partial charge on any atom is -0.495 e. The molecular weight excluding hydrogens is 378 g/mol. The van der Waals surface area contributed by atoms with Crippen LogP contribution in [0.25, 0.3) is 0 Å². The Hall–Kier alpha value is -2.73. The van der Waals surface area contributed by atoms with E-state index in [9.17, 15) is 9.59 Å². The molecule has 0 fully saturated rings. The summed E-state index contributed by atoms with van der Waals surface area (Å²) in [5, 5.41) is 6.08. The van der Waals surface area contributed by atoms with Crippen LogP contribution in [0, 0.1) is 0 Å². The zero-order valence-corrected chi connectivity index (χ0v) is 16.8. The Balaban J connectivity index is 1.73. The Morgan fingerprint density at radius 1 is 1.18 bits per heavy atom. The van der Waals surface area contributed by atoms with Gasteiger partial charge in [-0.1, -0.05) is 24.9 Å². The number of anilines is 3. The van der Waals surface area contributed by atoms with Gasteiger partial charge in [0.05, 0.1) is 12.8 Å². The summed E-state index contributed by atoms with van der Waals surface area (Å²) >= 11 is 6.00. The SMILES string of the molecule is CCCCN1C(=O)CCc2cc(NC(=O)Nc3cc(Cl)ccc3OC)ccc21. The number of ether oxygens (including phenoxy) is 1. The molecule has 2 N–H and O–H groups in total. The van der Waals surface area contributed by atoms with E-state index in [1.807, 2.05) is 23.1 Å². The van der Waals surface area contributed by atoms with E-state index in [4.69, 9.17) is 16.3 Å². The lowest BCUT2D eigenvalue weighted by molar-refractivity contribution is -0.118. The van der Waals surface area contributed by atoms with Crippen LogP contribution in [-0.2, 0) is 11.2 Å². The van der Waals surface area contributed by atoms with Crippen molar-refractivity contribution in [3.05, 3.63) is 47.0 Å². The molecule has 1 aliphatic rings. The topological polar surface area (TPSA) is 70.7 Å². The molecule has 0 saturated carbocycles. The Morgan fingerprint density at radius 2 is 2.00 bits per heavy atom. The quantitative estimate of drug-likeness (QED) is 0.709. The number of halogens is 1. The van der Waals surface area contributed by atoms with Crippen LogP contribution in [0.1, 0.15) is 31.7 Å². The van der Waals surface area contributed by atoms with Crippen molar-refractivity contribution >= 4 is 40.6 Å². The molecule has 0 radical (unpaired) electrons. The molecule has 0 saturated heterocycles. The first kappa shape index (κ1) is 20.0. The number of urea groups is 1. The molecular formula is C21H24ClN3O3. The number of benzene rings is 2. The highest BCUT2D eigenvalue weighted by atomic mass is 35.5. The van der Waals surface area contributed by atoms with E-state index in [1.54, 1.807) is 18.2 Å². The first-order chi connectivity index (χ1) is 13.5. The Kier molecular flexibility index (Phi) is 6.41. The fraction of sp³-hybridized carbons (Fsp3) is 0.333. The molecule has 0 atom stereocenters. The zero-order chi connectivity index (χ0) is 20.1. The van der Waals surface area contributed by atoms with E-state index in [0.717, 1.165) is 30.6 Å². The zero-order valence-electron chi connectivity index (χ0n) is 16.0. The number of methoxy groups -OCH3 is 1. The second kappa shape index (κ2) is 8.97. The summed E-state index contributed by atoms with van der Waals surface area (Å²) in [4.78, 5) is 26.5. The second-order valence-electron chi connectivity index (χ2n) is 6.67. The molecule has 148 valence electrons. The van der Waals surface area contributed by atoms with Gasteiger partial charge in [0.2, 0.25) is 5.91 Å². The van der Waals surface area contributed by atoms with Crippen LogP contribution in [0.15, 0.2) is 36.4 Å². The fourth-order valence-electron chi connectivity index (χ4n) is 3.26. The Morgan fingerprint density at radius 3 is 2.75 bits per heavy atom. The summed E-state index contributed by atoms with van der Waals surface area (Å²) < 4.78 is 5.24. The first-order valence-electron chi connectivity index (χ1n) is 9.36. The van der Waals surface area contributed by atoms with Gasteiger partial charge in [0, 0.05) is 29.4 Å². The van der Waals surface area contributed by atoms with Gasteiger partial charge in [0.15, 0.2) is 0 Å². The van der Waals surface area contributed by atoms with Gasteiger partial charge in [-0.25, -0.2) is 4.79 Å². The summed E-state index contributed by atoms with van der Waals surface area (Å²) in [6, 6.07) is 10.3. The lowest BCUT2D eigenvalue weighted by Crippen LogP contribution is -2.35. The molecule has 0 unspecified atom stereocenters. The van der Waals surface area contributed by atoms with E-state index < -0.39 is 6.03 Å². The maximum Gasteiger partial charge on any atom is 0.323 e. The van der Waals surface area contributed by atoms with E-state index in [0.29, 0.717) is 35.0 Å². The van der Waals surface area contributed by atoms with Crippen LogP contribution in [0.5, 0.6) is 5.75 Å². The first-order valence-corrected chi connectivity index (χ1v) is 9.74. The predicted octanol–water partition coefficient (Wildman–Crippen LogP) is 5.07. The molecule has 1 aliphatic heterocycles. The van der Waals surface area contributed by atoms with Crippen molar-refractivity contribution in [2.45, 2.75) is 32.6 Å². The average Bonchev–Trinajstić information content (AvgIpc) is 2.67. The normalized spacial score (nSPS) is 13.1. The third-order valence-electron chi connectivity index (χ3n) is 4.68. The smallest absolute Gasteiger partial charge is 0.323 e. The number of nitrogens with one attached hydrogen (secondary N) is 2. The van der Waals surface area contributed by atoms with Crippen LogP contribution in [0.4, 0.5) is 21.9 Å². The molecule has 0 spiro atoms. The summed E-state index contributed by atoms with van der Waals surface area (Å²) in [6.07, 6.45) is 3.17. The third-order valence-corrected chi connectivity index (χ3v) is 4.92. The molecule has 0 bridgehead atoms. The van der Waals surface area contributed by atoms with Crippen LogP contribution in [0.2, 0.25) is 5.02 Å². The lowest BCUT2D eigenvalue weighted by atomic mass is 10.00. The summed E-state index contributed by atoms with van der Waals surface area (Å²) in [5.41, 5.74) is 3.16. The minimum absolute atomic E-state index is 0.160. The van der Waals surface area contributed by atoms with E-state index in [-0.39, 0.29) is 5.91 Å². The van der Waals surface area contributed by atoms with Crippen LogP contribution in [-0.4, -0.2) is 25.6 Å². The number of carbonyl (C=O) groups is 2. The van der Waals surface area contributed by atoms with Crippen molar-refractivity contribution in [2.24, 2.45) is 0 Å². The Bertz CT molecular complexity index is 885. The number of carbonyl (C=O) groups excluding carboxylic acids is 2. The Labute approximate surface area is 169 Å². The highest BCUT2D eigenvalue weighted by Crippen LogP contribution is 2.31. The van der Waals surface area contributed by atoms with E-state index in [1.165, 1.54) is 7.11 Å². The molecule has 2 aromatic rings.